The number of benzene rings is 5. The Balaban J connectivity index is 1.20. The number of aromatic nitrogens is 6. The number of carboxylic acids is 2. The smallest absolute Gasteiger partial charge is 0.308 e. The van der Waals surface area contributed by atoms with Gasteiger partial charge in [-0.1, -0.05) is 30.3 Å². The standard InChI is InChI=1S/C45H36N8O10/c1-20-12-24(19-35(55)56)26(13-21(20)2)42(59)46-31-15-23(17-33(41(31)58)53-49-29-10-6-7-11-30(29)50-53)22-14-25(40(57)32(16-22)52-47-27-8-4-5-9-28(27)48-52)18-34(54)36-37-38(39(36)45(62)63)44(61)51(3)43(37)60/h4-17,36-39,57-58H,18-19H2,1-3H3,(H,46,59)(H,55,56)(H,62,63). The fourth-order valence-corrected chi connectivity index (χ4v) is 8.62. The average Bonchev–Trinajstić information content (AvgIpc) is 3.91. The Hall–Kier alpha value is -8.28. The number of aryl methyl sites for hydroxylation is 2. The number of phenolic OH excluding ortho intramolecular Hbond substituents is 2. The molecule has 2 aliphatic rings. The molecule has 316 valence electrons. The molecular weight excluding hydrogens is 813 g/mol. The molecule has 3 heterocycles. The van der Waals surface area contributed by atoms with E-state index in [1.165, 1.54) is 40.9 Å². The lowest BCUT2D eigenvalue weighted by molar-refractivity contribution is -0.167. The lowest BCUT2D eigenvalue weighted by Crippen LogP contribution is -2.55. The summed E-state index contributed by atoms with van der Waals surface area (Å²) in [5.41, 5.74) is 4.13. The van der Waals surface area contributed by atoms with E-state index in [-0.39, 0.29) is 44.9 Å². The Morgan fingerprint density at radius 1 is 0.635 bits per heavy atom. The molecule has 5 N–H and O–H groups in total. The summed E-state index contributed by atoms with van der Waals surface area (Å²) in [7, 11) is 1.24. The van der Waals surface area contributed by atoms with E-state index in [2.05, 4.69) is 25.7 Å². The number of fused-ring (bicyclic) bond motifs is 3. The van der Waals surface area contributed by atoms with Crippen molar-refractivity contribution in [3.8, 4) is 34.0 Å². The molecule has 2 fully saturated rings. The molecule has 5 aromatic carbocycles. The molecule has 0 spiro atoms. The number of carboxylic acid groups (broad SMARTS) is 2. The van der Waals surface area contributed by atoms with Crippen molar-refractivity contribution in [3.63, 3.8) is 0 Å². The van der Waals surface area contributed by atoms with Crippen molar-refractivity contribution >= 4 is 63.2 Å². The number of Topliss-reactive ketones (excluding diaryl/α,β-unsaturated/α-hetero) is 1. The van der Waals surface area contributed by atoms with Crippen LogP contribution >= 0.6 is 0 Å². The third-order valence-corrected chi connectivity index (χ3v) is 12.0. The zero-order valence-corrected chi connectivity index (χ0v) is 33.7. The molecular formula is C45H36N8O10. The van der Waals surface area contributed by atoms with Crippen LogP contribution in [0.1, 0.15) is 32.6 Å². The van der Waals surface area contributed by atoms with Crippen LogP contribution in [-0.4, -0.2) is 97.8 Å². The van der Waals surface area contributed by atoms with Crippen molar-refractivity contribution in [1.29, 1.82) is 0 Å². The Morgan fingerprint density at radius 3 is 1.65 bits per heavy atom. The van der Waals surface area contributed by atoms with Crippen molar-refractivity contribution < 1.29 is 49.2 Å². The minimum atomic E-state index is -1.46. The zero-order valence-electron chi connectivity index (χ0n) is 33.7. The molecule has 4 unspecified atom stereocenters. The number of hydrogen-bond donors (Lipinski definition) is 5. The van der Waals surface area contributed by atoms with Crippen molar-refractivity contribution in [2.24, 2.45) is 23.7 Å². The number of aromatic hydroxyl groups is 2. The minimum absolute atomic E-state index is 0.00149. The van der Waals surface area contributed by atoms with Crippen LogP contribution in [0.4, 0.5) is 5.69 Å². The number of aliphatic carboxylic acids is 2. The number of amides is 3. The molecule has 18 heteroatoms. The number of nitrogens with zero attached hydrogens (tertiary/aromatic N) is 7. The lowest BCUT2D eigenvalue weighted by Gasteiger charge is -2.41. The maximum atomic E-state index is 14.2. The Labute approximate surface area is 356 Å². The highest BCUT2D eigenvalue weighted by molar-refractivity contribution is 6.12. The molecule has 1 aliphatic heterocycles. The Bertz CT molecular complexity index is 3080. The van der Waals surface area contributed by atoms with Crippen molar-refractivity contribution in [2.45, 2.75) is 26.7 Å². The summed E-state index contributed by atoms with van der Waals surface area (Å²) in [6, 6.07) is 23.0. The van der Waals surface area contributed by atoms with Crippen LogP contribution in [0.15, 0.2) is 84.9 Å². The number of anilines is 1. The second-order valence-corrected chi connectivity index (χ2v) is 15.8. The van der Waals surface area contributed by atoms with E-state index in [1.54, 1.807) is 74.5 Å². The highest BCUT2D eigenvalue weighted by atomic mass is 16.4. The predicted octanol–water partition coefficient (Wildman–Crippen LogP) is 4.40. The highest BCUT2D eigenvalue weighted by Crippen LogP contribution is 2.53. The maximum Gasteiger partial charge on any atom is 0.308 e. The Kier molecular flexibility index (Phi) is 9.57. The van der Waals surface area contributed by atoms with Gasteiger partial charge in [-0.2, -0.15) is 0 Å². The first-order valence-electron chi connectivity index (χ1n) is 19.7. The first kappa shape index (κ1) is 40.1. The van der Waals surface area contributed by atoms with Crippen LogP contribution in [-0.2, 0) is 36.8 Å². The van der Waals surface area contributed by atoms with Gasteiger partial charge in [0, 0.05) is 30.5 Å². The van der Waals surface area contributed by atoms with E-state index in [0.29, 0.717) is 22.1 Å². The molecule has 3 amide bonds. The number of carbonyl (C=O) groups excluding carboxylic acids is 4. The van der Waals surface area contributed by atoms with Gasteiger partial charge in [-0.15, -0.1) is 30.0 Å². The van der Waals surface area contributed by atoms with Gasteiger partial charge < -0.3 is 25.7 Å². The van der Waals surface area contributed by atoms with Gasteiger partial charge in [-0.05, 0) is 96.3 Å². The van der Waals surface area contributed by atoms with E-state index in [9.17, 15) is 49.2 Å². The first-order valence-corrected chi connectivity index (χ1v) is 19.7. The average molecular weight is 849 g/mol. The van der Waals surface area contributed by atoms with Gasteiger partial charge in [0.1, 0.15) is 45.0 Å². The number of imide groups is 1. The largest absolute Gasteiger partial charge is 0.505 e. The van der Waals surface area contributed by atoms with Gasteiger partial charge >= 0.3 is 11.9 Å². The van der Waals surface area contributed by atoms with Gasteiger partial charge in [0.05, 0.1) is 29.9 Å². The van der Waals surface area contributed by atoms with Crippen LogP contribution in [0.5, 0.6) is 11.5 Å². The predicted molar refractivity (Wildman–Crippen MR) is 223 cm³/mol. The molecule has 2 aromatic heterocycles. The molecule has 1 saturated carbocycles. The van der Waals surface area contributed by atoms with Gasteiger partial charge in [0.2, 0.25) is 11.8 Å². The van der Waals surface area contributed by atoms with E-state index in [4.69, 9.17) is 0 Å². The summed E-state index contributed by atoms with van der Waals surface area (Å²) < 4.78 is 0. The van der Waals surface area contributed by atoms with Crippen LogP contribution in [0.3, 0.4) is 0 Å². The molecule has 18 nitrogen and oxygen atoms in total. The van der Waals surface area contributed by atoms with E-state index < -0.39 is 83.5 Å². The highest BCUT2D eigenvalue weighted by Gasteiger charge is 2.68. The third kappa shape index (κ3) is 6.77. The van der Waals surface area contributed by atoms with Crippen LogP contribution in [0.25, 0.3) is 44.6 Å². The van der Waals surface area contributed by atoms with Crippen LogP contribution < -0.4 is 5.32 Å². The minimum Gasteiger partial charge on any atom is -0.505 e. The second kappa shape index (κ2) is 15.0. The molecule has 0 radical (unpaired) electrons. The van der Waals surface area contributed by atoms with Crippen LogP contribution in [0, 0.1) is 37.5 Å². The SMILES string of the molecule is Cc1cc(CC(=O)O)c(C(=O)Nc2cc(-c3cc(CC(=O)C4C(C(=O)O)C5C(=O)N(C)C(=O)C45)c(O)c(-n4nc5ccccc5n4)c3)cc(-n3nc4ccccc4n3)c2O)cc1C. The van der Waals surface area contributed by atoms with Gasteiger partial charge in [-0.25, -0.2) is 0 Å². The summed E-state index contributed by atoms with van der Waals surface area (Å²) in [6.45, 7) is 3.57. The number of nitrogens with one attached hydrogen (secondary N) is 1. The van der Waals surface area contributed by atoms with Crippen molar-refractivity contribution in [2.75, 3.05) is 12.4 Å². The zero-order chi connectivity index (χ0) is 44.6. The number of likely N-dealkylation sites (tertiary alicyclic amines) is 1. The first-order chi connectivity index (χ1) is 30.1. The molecule has 7 aromatic rings. The quantitative estimate of drug-likeness (QED) is 0.0893. The molecule has 0 bridgehead atoms. The third-order valence-electron chi connectivity index (χ3n) is 12.0. The number of phenols is 2. The summed E-state index contributed by atoms with van der Waals surface area (Å²) in [5, 5.41) is 64.4. The molecule has 63 heavy (non-hydrogen) atoms. The summed E-state index contributed by atoms with van der Waals surface area (Å²) in [6.07, 6.45) is -1.02. The number of rotatable bonds is 11. The fourth-order valence-electron chi connectivity index (χ4n) is 8.62. The maximum absolute atomic E-state index is 14.2. The number of ketones is 1. The number of hydrogen-bond acceptors (Lipinski definition) is 12. The van der Waals surface area contributed by atoms with E-state index in [1.807, 2.05) is 0 Å². The van der Waals surface area contributed by atoms with Gasteiger partial charge in [-0.3, -0.25) is 33.7 Å². The van der Waals surface area contributed by atoms with Gasteiger partial charge in [0.15, 0.2) is 5.75 Å². The molecule has 1 saturated heterocycles. The molecule has 4 atom stereocenters. The lowest BCUT2D eigenvalue weighted by atomic mass is 9.55. The summed E-state index contributed by atoms with van der Waals surface area (Å²) in [5.74, 6) is -11.4. The van der Waals surface area contributed by atoms with Crippen molar-refractivity contribution in [3.05, 3.63) is 113 Å². The van der Waals surface area contributed by atoms with Crippen LogP contribution in [0.2, 0.25) is 0 Å². The van der Waals surface area contributed by atoms with E-state index >= 15 is 0 Å². The molecule has 9 rings (SSSR count). The second-order valence-electron chi connectivity index (χ2n) is 15.8. The molecule has 1 aliphatic carbocycles. The summed E-state index contributed by atoms with van der Waals surface area (Å²) >= 11 is 0. The van der Waals surface area contributed by atoms with E-state index in [0.717, 1.165) is 16.0 Å². The summed E-state index contributed by atoms with van der Waals surface area (Å²) in [4.78, 5) is 81.6. The number of carbonyl (C=O) groups is 6. The topological polar surface area (TPSA) is 260 Å². The normalized spacial score (nSPS) is 18.1. The van der Waals surface area contributed by atoms with Crippen molar-refractivity contribution in [1.82, 2.24) is 34.9 Å². The monoisotopic (exact) mass is 848 g/mol. The fraction of sp³-hybridized carbons (Fsp3) is 0.200. The Morgan fingerprint density at radius 2 is 1.13 bits per heavy atom. The van der Waals surface area contributed by atoms with Gasteiger partial charge in [0.25, 0.3) is 5.91 Å².